The van der Waals surface area contributed by atoms with E-state index in [9.17, 15) is 9.59 Å². The Hall–Kier alpha value is -2.19. The summed E-state index contributed by atoms with van der Waals surface area (Å²) in [5.41, 5.74) is 8.87. The van der Waals surface area contributed by atoms with E-state index in [4.69, 9.17) is 5.73 Å². The number of nitrogens with zero attached hydrogens (tertiary/aromatic N) is 2. The Morgan fingerprint density at radius 2 is 2.19 bits per heavy atom. The summed E-state index contributed by atoms with van der Waals surface area (Å²) in [6.07, 6.45) is 4.57. The number of hydrogen-bond acceptors (Lipinski definition) is 4. The minimum atomic E-state index is -0.491. The van der Waals surface area contributed by atoms with Gasteiger partial charge in [0.05, 0.1) is 11.3 Å². The van der Waals surface area contributed by atoms with Crippen molar-refractivity contribution in [2.24, 2.45) is 11.7 Å². The van der Waals surface area contributed by atoms with E-state index >= 15 is 0 Å². The van der Waals surface area contributed by atoms with Gasteiger partial charge in [-0.25, -0.2) is 4.98 Å². The zero-order chi connectivity index (χ0) is 19.3. The first-order valence-corrected chi connectivity index (χ1v) is 10.4. The maximum Gasteiger partial charge on any atom is 0.275 e. The highest BCUT2D eigenvalue weighted by molar-refractivity contribution is 9.10. The summed E-state index contributed by atoms with van der Waals surface area (Å²) >= 11 is 4.89. The number of thiophene rings is 1. The molecule has 1 unspecified atom stereocenters. The molecule has 0 bridgehead atoms. The molecule has 1 atom stereocenters. The minimum absolute atomic E-state index is 0.299. The van der Waals surface area contributed by atoms with Crippen LogP contribution < -0.4 is 11.1 Å². The molecular formula is C19H19BrN4O2S. The molecule has 27 heavy (non-hydrogen) atoms. The Morgan fingerprint density at radius 1 is 1.41 bits per heavy atom. The van der Waals surface area contributed by atoms with Gasteiger partial charge in [-0.05, 0) is 65.7 Å². The van der Waals surface area contributed by atoms with E-state index in [1.165, 1.54) is 11.3 Å². The molecule has 0 saturated heterocycles. The molecule has 1 aliphatic rings. The second-order valence-electron chi connectivity index (χ2n) is 7.00. The summed E-state index contributed by atoms with van der Waals surface area (Å²) in [6.45, 7) is 4.00. The van der Waals surface area contributed by atoms with E-state index in [1.54, 1.807) is 17.5 Å². The first kappa shape index (κ1) is 18.2. The zero-order valence-corrected chi connectivity index (χ0v) is 17.4. The Balaban J connectivity index is 1.75. The number of pyridine rings is 1. The number of hydrogen-bond donors (Lipinski definition) is 2. The van der Waals surface area contributed by atoms with Crippen LogP contribution >= 0.6 is 27.3 Å². The lowest BCUT2D eigenvalue weighted by Gasteiger charge is -2.18. The number of rotatable bonds is 3. The molecule has 0 aromatic carbocycles. The number of aryl methyl sites for hydroxylation is 1. The molecule has 1 aliphatic carbocycles. The van der Waals surface area contributed by atoms with Gasteiger partial charge in [-0.15, -0.1) is 11.3 Å². The molecule has 0 aliphatic heterocycles. The molecule has 2 amide bonds. The van der Waals surface area contributed by atoms with Gasteiger partial charge >= 0.3 is 0 Å². The van der Waals surface area contributed by atoms with Crippen LogP contribution in [0.5, 0.6) is 0 Å². The van der Waals surface area contributed by atoms with Crippen LogP contribution in [0.25, 0.3) is 5.65 Å². The maximum atomic E-state index is 13.0. The van der Waals surface area contributed by atoms with E-state index in [0.29, 0.717) is 33.5 Å². The van der Waals surface area contributed by atoms with Gasteiger partial charge in [0, 0.05) is 15.5 Å². The van der Waals surface area contributed by atoms with Crippen LogP contribution in [0.15, 0.2) is 22.8 Å². The molecule has 3 aromatic heterocycles. The summed E-state index contributed by atoms with van der Waals surface area (Å²) in [5.74, 6) is -0.221. The van der Waals surface area contributed by atoms with Crippen molar-refractivity contribution in [1.29, 1.82) is 0 Å². The second-order valence-corrected chi connectivity index (χ2v) is 9.02. The van der Waals surface area contributed by atoms with Gasteiger partial charge in [0.25, 0.3) is 11.8 Å². The van der Waals surface area contributed by atoms with E-state index < -0.39 is 5.91 Å². The fraction of sp³-hybridized carbons (Fsp3) is 0.316. The molecule has 3 N–H and O–H groups in total. The maximum absolute atomic E-state index is 13.0. The van der Waals surface area contributed by atoms with E-state index in [-0.39, 0.29) is 5.91 Å². The van der Waals surface area contributed by atoms with Crippen molar-refractivity contribution < 1.29 is 9.59 Å². The van der Waals surface area contributed by atoms with E-state index in [1.807, 2.05) is 12.1 Å². The number of fused-ring (bicyclic) bond motifs is 2. The van der Waals surface area contributed by atoms with Crippen molar-refractivity contribution in [3.05, 3.63) is 50.2 Å². The number of primary amides is 1. The van der Waals surface area contributed by atoms with E-state index in [0.717, 1.165) is 34.2 Å². The van der Waals surface area contributed by atoms with Crippen molar-refractivity contribution in [1.82, 2.24) is 9.38 Å². The number of nitrogens with one attached hydrogen (secondary N) is 1. The van der Waals surface area contributed by atoms with Crippen LogP contribution in [-0.2, 0) is 12.8 Å². The van der Waals surface area contributed by atoms with Crippen molar-refractivity contribution >= 4 is 49.7 Å². The average Bonchev–Trinajstić information content (AvgIpc) is 3.10. The first-order valence-electron chi connectivity index (χ1n) is 8.75. The monoisotopic (exact) mass is 446 g/mol. The van der Waals surface area contributed by atoms with Gasteiger partial charge in [-0.3, -0.25) is 14.0 Å². The molecule has 8 heteroatoms. The van der Waals surface area contributed by atoms with Gasteiger partial charge in [-0.2, -0.15) is 0 Å². The van der Waals surface area contributed by atoms with Crippen LogP contribution in [0.2, 0.25) is 0 Å². The standard InChI is InChI=1S/C19H19BrN4O2S/c1-9-3-5-12-13(7-9)27-19(15(12)17(21)25)23-18(26)16-10(2)22-14-6-4-11(20)8-24(14)16/h4,6,8-9H,3,5,7H2,1-2H3,(H2,21,25)(H,23,26). The van der Waals surface area contributed by atoms with Gasteiger partial charge in [0.2, 0.25) is 0 Å². The molecule has 0 saturated carbocycles. The van der Waals surface area contributed by atoms with Gasteiger partial charge in [0.15, 0.2) is 0 Å². The SMILES string of the molecule is Cc1nc2ccc(Br)cn2c1C(=O)Nc1sc2c(c1C(N)=O)CCC(C)C2. The summed E-state index contributed by atoms with van der Waals surface area (Å²) < 4.78 is 2.59. The van der Waals surface area contributed by atoms with Crippen molar-refractivity contribution in [3.63, 3.8) is 0 Å². The molecule has 0 spiro atoms. The summed E-state index contributed by atoms with van der Waals surface area (Å²) in [6, 6.07) is 3.72. The quantitative estimate of drug-likeness (QED) is 0.638. The molecule has 140 valence electrons. The predicted molar refractivity (Wildman–Crippen MR) is 110 cm³/mol. The molecular weight excluding hydrogens is 428 g/mol. The highest BCUT2D eigenvalue weighted by Crippen LogP contribution is 2.39. The van der Waals surface area contributed by atoms with Crippen LogP contribution in [0.4, 0.5) is 5.00 Å². The topological polar surface area (TPSA) is 89.5 Å². The van der Waals surface area contributed by atoms with E-state index in [2.05, 4.69) is 33.2 Å². The molecule has 4 rings (SSSR count). The summed E-state index contributed by atoms with van der Waals surface area (Å²) in [7, 11) is 0. The third-order valence-electron chi connectivity index (χ3n) is 4.96. The predicted octanol–water partition coefficient (Wildman–Crippen LogP) is 3.94. The Morgan fingerprint density at radius 3 is 2.93 bits per heavy atom. The molecule has 3 heterocycles. The van der Waals surface area contributed by atoms with Crippen molar-refractivity contribution in [3.8, 4) is 0 Å². The van der Waals surface area contributed by atoms with Crippen LogP contribution in [-0.4, -0.2) is 21.2 Å². The third kappa shape index (κ3) is 3.17. The number of nitrogens with two attached hydrogens (primary N) is 1. The average molecular weight is 447 g/mol. The highest BCUT2D eigenvalue weighted by atomic mass is 79.9. The lowest BCUT2D eigenvalue weighted by molar-refractivity contribution is 0.1000. The molecule has 0 radical (unpaired) electrons. The van der Waals surface area contributed by atoms with Crippen LogP contribution in [0, 0.1) is 12.8 Å². The van der Waals surface area contributed by atoms with Crippen molar-refractivity contribution in [2.75, 3.05) is 5.32 Å². The van der Waals surface area contributed by atoms with Gasteiger partial charge < -0.3 is 11.1 Å². The zero-order valence-electron chi connectivity index (χ0n) is 15.0. The van der Waals surface area contributed by atoms with Crippen LogP contribution in [0.1, 0.15) is 50.3 Å². The Bertz CT molecular complexity index is 1090. The lowest BCUT2D eigenvalue weighted by Crippen LogP contribution is -2.20. The van der Waals surface area contributed by atoms with Gasteiger partial charge in [0.1, 0.15) is 16.3 Å². The number of amides is 2. The second kappa shape index (κ2) is 6.76. The fourth-order valence-electron chi connectivity index (χ4n) is 3.67. The van der Waals surface area contributed by atoms with Gasteiger partial charge in [-0.1, -0.05) is 6.92 Å². The normalized spacial score (nSPS) is 16.3. The third-order valence-corrected chi connectivity index (χ3v) is 6.60. The van der Waals surface area contributed by atoms with Crippen molar-refractivity contribution in [2.45, 2.75) is 33.1 Å². The highest BCUT2D eigenvalue weighted by Gasteiger charge is 2.28. The lowest BCUT2D eigenvalue weighted by atomic mass is 9.88. The molecule has 0 fully saturated rings. The first-order chi connectivity index (χ1) is 12.8. The Kier molecular flexibility index (Phi) is 4.55. The smallest absolute Gasteiger partial charge is 0.275 e. The largest absolute Gasteiger partial charge is 0.365 e. The molecule has 6 nitrogen and oxygen atoms in total. The number of halogens is 1. The summed E-state index contributed by atoms with van der Waals surface area (Å²) in [5, 5.41) is 3.46. The minimum Gasteiger partial charge on any atom is -0.365 e. The number of aromatic nitrogens is 2. The number of anilines is 1. The Labute approximate surface area is 168 Å². The van der Waals surface area contributed by atoms with Crippen LogP contribution in [0.3, 0.4) is 0 Å². The number of carbonyl (C=O) groups excluding carboxylic acids is 2. The molecule has 3 aromatic rings. The fourth-order valence-corrected chi connectivity index (χ4v) is 5.42. The number of carbonyl (C=O) groups is 2. The summed E-state index contributed by atoms with van der Waals surface area (Å²) in [4.78, 5) is 30.7. The number of imidazole rings is 1.